The van der Waals surface area contributed by atoms with Gasteiger partial charge in [-0.05, 0) is 40.2 Å². The number of hydrogen-bond donors (Lipinski definition) is 2. The van der Waals surface area contributed by atoms with Crippen molar-refractivity contribution >= 4 is 56.3 Å². The molecule has 0 aliphatic heterocycles. The highest BCUT2D eigenvalue weighted by molar-refractivity contribution is 9.10. The molecule has 0 aliphatic rings. The van der Waals surface area contributed by atoms with Crippen LogP contribution in [0.4, 0.5) is 17.2 Å². The molecule has 0 spiro atoms. The van der Waals surface area contributed by atoms with Crippen LogP contribution in [0.25, 0.3) is 0 Å². The van der Waals surface area contributed by atoms with Crippen LogP contribution in [0, 0.1) is 0 Å². The number of aromatic nitrogens is 1. The molecule has 0 amide bonds. The summed E-state index contributed by atoms with van der Waals surface area (Å²) >= 11 is 15.3. The molecule has 0 aliphatic carbocycles. The molecule has 0 unspecified atom stereocenters. The monoisotopic (exact) mass is 331 g/mol. The molecule has 0 atom stereocenters. The third kappa shape index (κ3) is 3.03. The van der Waals surface area contributed by atoms with E-state index < -0.39 is 0 Å². The summed E-state index contributed by atoms with van der Waals surface area (Å²) in [4.78, 5) is 4.10. The molecule has 0 saturated carbocycles. The predicted octanol–water partition coefficient (Wildman–Crippen LogP) is 4.48. The topological polar surface area (TPSA) is 50.9 Å². The molecular weight excluding hydrogens is 325 g/mol. The van der Waals surface area contributed by atoms with E-state index in [1.165, 1.54) is 6.20 Å². The quantitative estimate of drug-likeness (QED) is 0.852. The van der Waals surface area contributed by atoms with Gasteiger partial charge in [-0.3, -0.25) is 0 Å². The van der Waals surface area contributed by atoms with E-state index in [2.05, 4.69) is 26.2 Å². The van der Waals surface area contributed by atoms with E-state index in [4.69, 9.17) is 28.9 Å². The fraction of sp³-hybridized carbons (Fsp3) is 0. The first-order valence-electron chi connectivity index (χ1n) is 4.69. The molecule has 2 rings (SSSR count). The highest BCUT2D eigenvalue weighted by Crippen LogP contribution is 2.29. The maximum absolute atomic E-state index is 6.00. The Hall–Kier alpha value is -0.970. The van der Waals surface area contributed by atoms with Gasteiger partial charge in [0.05, 0.1) is 21.9 Å². The van der Waals surface area contributed by atoms with Crippen molar-refractivity contribution in [3.05, 3.63) is 45.0 Å². The molecule has 0 fully saturated rings. The summed E-state index contributed by atoms with van der Waals surface area (Å²) in [6, 6.07) is 7.12. The molecule has 1 heterocycles. The van der Waals surface area contributed by atoms with Crippen LogP contribution in [0.15, 0.2) is 34.9 Å². The normalized spacial score (nSPS) is 10.3. The lowest BCUT2D eigenvalue weighted by Gasteiger charge is -2.08. The number of nitrogen functional groups attached to an aromatic ring is 1. The summed E-state index contributed by atoms with van der Waals surface area (Å²) in [5.74, 6) is 0.541. The van der Waals surface area contributed by atoms with Gasteiger partial charge in [-0.1, -0.05) is 23.2 Å². The zero-order valence-corrected chi connectivity index (χ0v) is 11.6. The zero-order valence-electron chi connectivity index (χ0n) is 8.55. The van der Waals surface area contributed by atoms with E-state index in [9.17, 15) is 0 Å². The van der Waals surface area contributed by atoms with Crippen LogP contribution in [0.2, 0.25) is 10.0 Å². The van der Waals surface area contributed by atoms with Gasteiger partial charge in [0.2, 0.25) is 0 Å². The van der Waals surface area contributed by atoms with E-state index in [1.54, 1.807) is 12.1 Å². The van der Waals surface area contributed by atoms with Crippen molar-refractivity contribution in [3.8, 4) is 0 Å². The summed E-state index contributed by atoms with van der Waals surface area (Å²) < 4.78 is 0.834. The Bertz CT molecular complexity index is 560. The first-order chi connectivity index (χ1) is 8.06. The van der Waals surface area contributed by atoms with E-state index in [-0.39, 0.29) is 0 Å². The van der Waals surface area contributed by atoms with Gasteiger partial charge in [0, 0.05) is 10.2 Å². The molecule has 1 aromatic carbocycles. The van der Waals surface area contributed by atoms with Crippen molar-refractivity contribution in [3.63, 3.8) is 0 Å². The lowest BCUT2D eigenvalue weighted by atomic mass is 10.3. The summed E-state index contributed by atoms with van der Waals surface area (Å²) in [6.07, 6.45) is 1.54. The SMILES string of the molecule is Nc1cnc(Nc2ccc(Br)c(Cl)c2)c(Cl)c1. The Balaban J connectivity index is 2.28. The summed E-state index contributed by atoms with van der Waals surface area (Å²) in [5.41, 5.74) is 6.89. The molecule has 17 heavy (non-hydrogen) atoms. The maximum Gasteiger partial charge on any atom is 0.149 e. The van der Waals surface area contributed by atoms with Gasteiger partial charge in [-0.25, -0.2) is 4.98 Å². The number of nitrogens with two attached hydrogens (primary N) is 1. The van der Waals surface area contributed by atoms with Gasteiger partial charge in [-0.2, -0.15) is 0 Å². The molecule has 88 valence electrons. The van der Waals surface area contributed by atoms with Crippen LogP contribution < -0.4 is 11.1 Å². The van der Waals surface area contributed by atoms with Crippen LogP contribution in [0.1, 0.15) is 0 Å². The zero-order chi connectivity index (χ0) is 12.4. The smallest absolute Gasteiger partial charge is 0.149 e. The lowest BCUT2D eigenvalue weighted by molar-refractivity contribution is 1.31. The van der Waals surface area contributed by atoms with E-state index in [1.807, 2.05) is 12.1 Å². The van der Waals surface area contributed by atoms with Crippen LogP contribution in [-0.4, -0.2) is 4.98 Å². The van der Waals surface area contributed by atoms with Gasteiger partial charge in [0.15, 0.2) is 0 Å². The minimum atomic E-state index is 0.462. The van der Waals surface area contributed by atoms with Gasteiger partial charge in [0.25, 0.3) is 0 Å². The largest absolute Gasteiger partial charge is 0.397 e. The standard InChI is InChI=1S/C11H8BrCl2N3/c12-8-2-1-7(4-9(8)13)17-11-10(14)3-6(15)5-16-11/h1-5H,15H2,(H,16,17). The van der Waals surface area contributed by atoms with Crippen LogP contribution >= 0.6 is 39.1 Å². The lowest BCUT2D eigenvalue weighted by Crippen LogP contribution is -1.96. The molecule has 3 N–H and O–H groups in total. The molecule has 2 aromatic rings. The van der Waals surface area contributed by atoms with Crippen molar-refractivity contribution in [1.82, 2.24) is 4.98 Å². The van der Waals surface area contributed by atoms with Crippen molar-refractivity contribution in [2.24, 2.45) is 0 Å². The molecular formula is C11H8BrCl2N3. The van der Waals surface area contributed by atoms with E-state index in [0.29, 0.717) is 21.6 Å². The van der Waals surface area contributed by atoms with E-state index >= 15 is 0 Å². The van der Waals surface area contributed by atoms with Crippen LogP contribution in [0.5, 0.6) is 0 Å². The van der Waals surface area contributed by atoms with Crippen molar-refractivity contribution in [2.75, 3.05) is 11.1 Å². The molecule has 0 radical (unpaired) electrons. The molecule has 6 heteroatoms. The third-order valence-corrected chi connectivity index (χ3v) is 3.57. The minimum Gasteiger partial charge on any atom is -0.397 e. The van der Waals surface area contributed by atoms with E-state index in [0.717, 1.165) is 10.2 Å². The number of halogens is 3. The average molecular weight is 333 g/mol. The fourth-order valence-corrected chi connectivity index (χ4v) is 1.90. The fourth-order valence-electron chi connectivity index (χ4n) is 1.26. The van der Waals surface area contributed by atoms with Gasteiger partial charge < -0.3 is 11.1 Å². The van der Waals surface area contributed by atoms with Crippen LogP contribution in [-0.2, 0) is 0 Å². The van der Waals surface area contributed by atoms with Gasteiger partial charge >= 0.3 is 0 Å². The second-order valence-electron chi connectivity index (χ2n) is 3.35. The summed E-state index contributed by atoms with van der Waals surface area (Å²) in [6.45, 7) is 0. The first kappa shape index (κ1) is 12.5. The highest BCUT2D eigenvalue weighted by Gasteiger charge is 2.04. The minimum absolute atomic E-state index is 0.462. The van der Waals surface area contributed by atoms with Crippen molar-refractivity contribution in [1.29, 1.82) is 0 Å². The number of nitrogens with zero attached hydrogens (tertiary/aromatic N) is 1. The summed E-state index contributed by atoms with van der Waals surface area (Å²) in [5, 5.41) is 4.14. The number of hydrogen-bond acceptors (Lipinski definition) is 3. The average Bonchev–Trinajstić information content (AvgIpc) is 2.27. The molecule has 0 bridgehead atoms. The first-order valence-corrected chi connectivity index (χ1v) is 6.24. The number of benzene rings is 1. The second-order valence-corrected chi connectivity index (χ2v) is 5.02. The Morgan fingerprint density at radius 2 is 1.94 bits per heavy atom. The Labute approximate surface area is 117 Å². The van der Waals surface area contributed by atoms with Crippen molar-refractivity contribution in [2.45, 2.75) is 0 Å². The maximum atomic E-state index is 6.00. The number of nitrogens with one attached hydrogen (secondary N) is 1. The predicted molar refractivity (Wildman–Crippen MR) is 76.1 cm³/mol. The third-order valence-electron chi connectivity index (χ3n) is 2.04. The molecule has 3 nitrogen and oxygen atoms in total. The molecule has 0 saturated heterocycles. The molecule has 1 aromatic heterocycles. The Kier molecular flexibility index (Phi) is 3.76. The summed E-state index contributed by atoms with van der Waals surface area (Å²) in [7, 11) is 0. The second kappa shape index (κ2) is 5.12. The Morgan fingerprint density at radius 3 is 2.59 bits per heavy atom. The van der Waals surface area contributed by atoms with Crippen molar-refractivity contribution < 1.29 is 0 Å². The number of anilines is 3. The van der Waals surface area contributed by atoms with Gasteiger partial charge in [-0.15, -0.1) is 0 Å². The van der Waals surface area contributed by atoms with Gasteiger partial charge in [0.1, 0.15) is 5.82 Å². The Morgan fingerprint density at radius 1 is 1.18 bits per heavy atom. The number of pyridine rings is 1. The number of rotatable bonds is 2. The highest BCUT2D eigenvalue weighted by atomic mass is 79.9. The van der Waals surface area contributed by atoms with Crippen LogP contribution in [0.3, 0.4) is 0 Å².